The van der Waals surface area contributed by atoms with Crippen LogP contribution in [0.1, 0.15) is 42.4 Å². The van der Waals surface area contributed by atoms with E-state index in [2.05, 4.69) is 79.6 Å². The van der Waals surface area contributed by atoms with Crippen LogP contribution in [0.3, 0.4) is 0 Å². The van der Waals surface area contributed by atoms with Crippen LogP contribution in [0, 0.1) is 13.8 Å². The first-order valence-electron chi connectivity index (χ1n) is 13.9. The Labute approximate surface area is 228 Å². The quantitative estimate of drug-likeness (QED) is 0.515. The standard InChI is InChI=1S/C30H42N4O3S/c1-5-17-34-29(15-16-31-34)38(35,36)32-18-6-7-19-33-27(20-32)30(28(33)21-37-4)25-13-11-24(12-14-25)26-10-8-9-22(2)23(26)3/h6-14,27-31H,5,15-21H2,1-4H3/b7-6-/t27-,28+,29?,30?/m0/s1. The lowest BCUT2D eigenvalue weighted by Gasteiger charge is -2.56. The van der Waals surface area contributed by atoms with E-state index in [-0.39, 0.29) is 18.0 Å². The highest BCUT2D eigenvalue weighted by Crippen LogP contribution is 2.43. The van der Waals surface area contributed by atoms with Crippen molar-refractivity contribution in [2.75, 3.05) is 46.4 Å². The number of benzene rings is 2. The molecule has 3 aliphatic heterocycles. The van der Waals surface area contributed by atoms with Gasteiger partial charge in [0.15, 0.2) is 0 Å². The number of nitrogens with one attached hydrogen (secondary N) is 1. The molecule has 0 aliphatic carbocycles. The van der Waals surface area contributed by atoms with E-state index >= 15 is 0 Å². The van der Waals surface area contributed by atoms with Crippen LogP contribution in [0.5, 0.6) is 0 Å². The highest BCUT2D eigenvalue weighted by atomic mass is 32.2. The van der Waals surface area contributed by atoms with Crippen LogP contribution in [-0.2, 0) is 14.8 Å². The van der Waals surface area contributed by atoms with Gasteiger partial charge in [-0.3, -0.25) is 10.3 Å². The maximum Gasteiger partial charge on any atom is 0.232 e. The summed E-state index contributed by atoms with van der Waals surface area (Å²) >= 11 is 0. The summed E-state index contributed by atoms with van der Waals surface area (Å²) < 4.78 is 35.2. The molecule has 2 unspecified atom stereocenters. The average Bonchev–Trinajstić information content (AvgIpc) is 3.36. The normalized spacial score (nSPS) is 27.9. The molecule has 7 nitrogen and oxygen atoms in total. The molecule has 8 heteroatoms. The van der Waals surface area contributed by atoms with Gasteiger partial charge in [0.25, 0.3) is 0 Å². The molecule has 3 aliphatic rings. The minimum absolute atomic E-state index is 0.107. The zero-order chi connectivity index (χ0) is 26.9. The van der Waals surface area contributed by atoms with E-state index in [1.807, 2.05) is 11.1 Å². The van der Waals surface area contributed by atoms with Gasteiger partial charge in [-0.25, -0.2) is 13.4 Å². The van der Waals surface area contributed by atoms with Crippen LogP contribution in [0.4, 0.5) is 0 Å². The molecule has 2 aromatic rings. The lowest BCUT2D eigenvalue weighted by Crippen LogP contribution is -2.68. The first-order valence-corrected chi connectivity index (χ1v) is 15.4. The van der Waals surface area contributed by atoms with Gasteiger partial charge in [-0.2, -0.15) is 4.31 Å². The number of ether oxygens (including phenoxy) is 1. The highest BCUT2D eigenvalue weighted by Gasteiger charge is 2.51. The molecule has 1 N–H and O–H groups in total. The van der Waals surface area contributed by atoms with Crippen LogP contribution in [-0.4, -0.2) is 86.5 Å². The third-order valence-electron chi connectivity index (χ3n) is 8.63. The van der Waals surface area contributed by atoms with Crippen molar-refractivity contribution in [1.82, 2.24) is 19.6 Å². The Morgan fingerprint density at radius 2 is 1.82 bits per heavy atom. The molecule has 2 saturated heterocycles. The average molecular weight is 539 g/mol. The zero-order valence-corrected chi connectivity index (χ0v) is 24.0. The van der Waals surface area contributed by atoms with E-state index in [1.54, 1.807) is 11.4 Å². The maximum atomic E-state index is 13.9. The Morgan fingerprint density at radius 3 is 2.55 bits per heavy atom. The molecule has 0 bridgehead atoms. The fourth-order valence-corrected chi connectivity index (χ4v) is 8.40. The molecule has 0 spiro atoms. The number of aryl methyl sites for hydroxylation is 1. The van der Waals surface area contributed by atoms with Crippen LogP contribution in [0.15, 0.2) is 54.6 Å². The molecule has 2 aromatic carbocycles. The van der Waals surface area contributed by atoms with Crippen molar-refractivity contribution in [2.24, 2.45) is 0 Å². The molecule has 38 heavy (non-hydrogen) atoms. The largest absolute Gasteiger partial charge is 0.383 e. The third kappa shape index (κ3) is 5.10. The summed E-state index contributed by atoms with van der Waals surface area (Å²) in [5.41, 5.74) is 9.60. The van der Waals surface area contributed by atoms with E-state index in [1.165, 1.54) is 27.8 Å². The van der Waals surface area contributed by atoms with Crippen molar-refractivity contribution in [1.29, 1.82) is 0 Å². The summed E-state index contributed by atoms with van der Waals surface area (Å²) in [4.78, 5) is 2.42. The molecular formula is C30H42N4O3S. The molecule has 3 heterocycles. The predicted octanol–water partition coefficient (Wildman–Crippen LogP) is 3.90. The highest BCUT2D eigenvalue weighted by molar-refractivity contribution is 7.89. The van der Waals surface area contributed by atoms with Crippen molar-refractivity contribution in [3.05, 3.63) is 71.3 Å². The molecule has 5 rings (SSSR count). The number of methoxy groups -OCH3 is 1. The summed E-state index contributed by atoms with van der Waals surface area (Å²) in [6.45, 7) is 10.2. The van der Waals surface area contributed by atoms with Gasteiger partial charge in [0.2, 0.25) is 10.0 Å². The lowest BCUT2D eigenvalue weighted by atomic mass is 9.74. The number of sulfonamides is 1. The van der Waals surface area contributed by atoms with Crippen LogP contribution in [0.25, 0.3) is 11.1 Å². The fourth-order valence-electron chi connectivity index (χ4n) is 6.48. The van der Waals surface area contributed by atoms with Crippen LogP contribution in [0.2, 0.25) is 0 Å². The Morgan fingerprint density at radius 1 is 1.05 bits per heavy atom. The summed E-state index contributed by atoms with van der Waals surface area (Å²) in [6.07, 6.45) is 5.66. The summed E-state index contributed by atoms with van der Waals surface area (Å²) in [5, 5.41) is 1.42. The second kappa shape index (κ2) is 11.6. The van der Waals surface area contributed by atoms with Crippen LogP contribution < -0.4 is 5.43 Å². The van der Waals surface area contributed by atoms with Gasteiger partial charge in [-0.05, 0) is 54.5 Å². The molecule has 206 valence electrons. The lowest BCUT2D eigenvalue weighted by molar-refractivity contribution is -0.0509. The van der Waals surface area contributed by atoms with Crippen molar-refractivity contribution in [3.8, 4) is 11.1 Å². The number of nitrogens with zero attached hydrogens (tertiary/aromatic N) is 3. The summed E-state index contributed by atoms with van der Waals surface area (Å²) in [6, 6.07) is 15.7. The van der Waals surface area contributed by atoms with Crippen LogP contribution >= 0.6 is 0 Å². The van der Waals surface area contributed by atoms with Gasteiger partial charge >= 0.3 is 0 Å². The molecule has 0 amide bonds. The van der Waals surface area contributed by atoms with Gasteiger partial charge < -0.3 is 4.74 Å². The first-order chi connectivity index (χ1) is 18.4. The van der Waals surface area contributed by atoms with Crippen molar-refractivity contribution < 1.29 is 13.2 Å². The minimum Gasteiger partial charge on any atom is -0.383 e. The Balaban J connectivity index is 1.42. The Hall–Kier alpha value is -2.07. The van der Waals surface area contributed by atoms with E-state index in [0.29, 0.717) is 32.7 Å². The van der Waals surface area contributed by atoms with Gasteiger partial charge in [-0.15, -0.1) is 0 Å². The molecule has 2 fully saturated rings. The smallest absolute Gasteiger partial charge is 0.232 e. The first kappa shape index (κ1) is 27.5. The maximum absolute atomic E-state index is 13.9. The fraction of sp³-hybridized carbons (Fsp3) is 0.533. The monoisotopic (exact) mass is 538 g/mol. The van der Waals surface area contributed by atoms with E-state index in [9.17, 15) is 8.42 Å². The number of hydrogen-bond acceptors (Lipinski definition) is 6. The second-order valence-corrected chi connectivity index (χ2v) is 13.0. The van der Waals surface area contributed by atoms with Gasteiger partial charge in [-0.1, -0.05) is 61.5 Å². The molecule has 0 saturated carbocycles. The van der Waals surface area contributed by atoms with Crippen molar-refractivity contribution >= 4 is 10.0 Å². The Bertz CT molecular complexity index is 1250. The van der Waals surface area contributed by atoms with Gasteiger partial charge in [0.1, 0.15) is 5.37 Å². The minimum atomic E-state index is -3.49. The molecule has 4 atom stereocenters. The summed E-state index contributed by atoms with van der Waals surface area (Å²) in [7, 11) is -1.74. The molecule has 0 aromatic heterocycles. The van der Waals surface area contributed by atoms with Crippen molar-refractivity contribution in [2.45, 2.75) is 57.0 Å². The summed E-state index contributed by atoms with van der Waals surface area (Å²) in [5.74, 6) is 0.209. The molecule has 0 radical (unpaired) electrons. The zero-order valence-electron chi connectivity index (χ0n) is 23.1. The number of fused-ring (bicyclic) bond motifs is 1. The van der Waals surface area contributed by atoms with Gasteiger partial charge in [0.05, 0.1) is 6.61 Å². The topological polar surface area (TPSA) is 65.1 Å². The van der Waals surface area contributed by atoms with E-state index < -0.39 is 15.4 Å². The van der Waals surface area contributed by atoms with E-state index in [4.69, 9.17) is 4.74 Å². The third-order valence-corrected chi connectivity index (χ3v) is 10.8. The van der Waals surface area contributed by atoms with E-state index in [0.717, 1.165) is 19.5 Å². The number of rotatable bonds is 8. The number of hydrazine groups is 1. The second-order valence-electron chi connectivity index (χ2n) is 10.9. The van der Waals surface area contributed by atoms with Gasteiger partial charge in [0, 0.05) is 57.8 Å². The predicted molar refractivity (Wildman–Crippen MR) is 153 cm³/mol. The van der Waals surface area contributed by atoms with Crippen molar-refractivity contribution in [3.63, 3.8) is 0 Å². The molecular weight excluding hydrogens is 496 g/mol. The Kier molecular flexibility index (Phi) is 8.38. The number of hydrogen-bond donors (Lipinski definition) is 1. The SMILES string of the molecule is CCCN1NCCC1S(=O)(=O)N1C/C=C\CN2[C@H](COC)C(c3ccc(-c4cccc(C)c4C)cc3)[C@@H]2C1.